The predicted molar refractivity (Wildman–Crippen MR) is 161 cm³/mol. The molecule has 12 heteroatoms. The third kappa shape index (κ3) is 9.83. The fourth-order valence-electron chi connectivity index (χ4n) is 3.94. The van der Waals surface area contributed by atoms with Crippen molar-refractivity contribution in [2.75, 3.05) is 19.8 Å². The van der Waals surface area contributed by atoms with Gasteiger partial charge in [-0.2, -0.15) is 4.99 Å². The molecule has 0 unspecified atom stereocenters. The molecular weight excluding hydrogens is 574 g/mol. The molecule has 3 rings (SSSR count). The third-order valence-corrected chi connectivity index (χ3v) is 7.68. The number of aliphatic imine (C=N–C) groups is 1. The molecule has 0 aliphatic rings. The van der Waals surface area contributed by atoms with Gasteiger partial charge >= 0.3 is 12.1 Å². The van der Waals surface area contributed by atoms with E-state index in [1.54, 1.807) is 6.92 Å². The number of carbonyl (C=O) groups excluding carboxylic acids is 2. The normalized spacial score (nSPS) is 11.7. The summed E-state index contributed by atoms with van der Waals surface area (Å²) in [5.74, 6) is -0.00173. The number of amidine groups is 1. The van der Waals surface area contributed by atoms with Crippen molar-refractivity contribution in [1.82, 2.24) is 4.72 Å². The zero-order valence-corrected chi connectivity index (χ0v) is 25.2. The zero-order valence-electron chi connectivity index (χ0n) is 24.4. The van der Waals surface area contributed by atoms with Crippen LogP contribution in [0.5, 0.6) is 11.5 Å². The summed E-state index contributed by atoms with van der Waals surface area (Å²) in [6, 6.07) is 19.1. The van der Waals surface area contributed by atoms with Crippen LogP contribution in [0.4, 0.5) is 4.79 Å². The Hall–Kier alpha value is -4.42. The van der Waals surface area contributed by atoms with Crippen LogP contribution < -0.4 is 19.9 Å². The van der Waals surface area contributed by atoms with Crippen LogP contribution in [0.1, 0.15) is 48.9 Å². The summed E-state index contributed by atoms with van der Waals surface area (Å²) in [6.45, 7) is 5.85. The number of esters is 1. The van der Waals surface area contributed by atoms with E-state index in [0.717, 1.165) is 11.1 Å². The molecule has 0 aliphatic heterocycles. The highest BCUT2D eigenvalue weighted by Crippen LogP contribution is 2.28. The van der Waals surface area contributed by atoms with E-state index in [-0.39, 0.29) is 60.7 Å². The first-order valence-corrected chi connectivity index (χ1v) is 15.0. The van der Waals surface area contributed by atoms with Crippen molar-refractivity contribution in [3.63, 3.8) is 0 Å². The van der Waals surface area contributed by atoms with Crippen molar-refractivity contribution < 1.29 is 37.0 Å². The van der Waals surface area contributed by atoms with Crippen LogP contribution in [0.2, 0.25) is 0 Å². The summed E-state index contributed by atoms with van der Waals surface area (Å²) in [5, 5.41) is 0. The van der Waals surface area contributed by atoms with Gasteiger partial charge in [0.05, 0.1) is 6.61 Å². The highest BCUT2D eigenvalue weighted by Gasteiger charge is 2.22. The molecule has 0 aliphatic carbocycles. The van der Waals surface area contributed by atoms with Crippen molar-refractivity contribution in [3.8, 4) is 11.5 Å². The van der Waals surface area contributed by atoms with E-state index in [1.807, 2.05) is 62.4 Å². The third-order valence-electron chi connectivity index (χ3n) is 6.20. The second-order valence-electron chi connectivity index (χ2n) is 9.61. The summed E-state index contributed by atoms with van der Waals surface area (Å²) in [7, 11) is -1.16. The number of nitrogens with two attached hydrogens (primary N) is 1. The van der Waals surface area contributed by atoms with E-state index < -0.39 is 22.1 Å². The second-order valence-corrected chi connectivity index (χ2v) is 11.3. The maximum atomic E-state index is 13.6. The van der Waals surface area contributed by atoms with Crippen LogP contribution in [-0.4, -0.2) is 46.1 Å². The van der Waals surface area contributed by atoms with Crippen molar-refractivity contribution in [2.24, 2.45) is 10.7 Å². The first-order valence-electron chi connectivity index (χ1n) is 13.6. The minimum Gasteiger partial charge on any atom is -0.487 e. The van der Waals surface area contributed by atoms with Crippen LogP contribution in [0.3, 0.4) is 0 Å². The van der Waals surface area contributed by atoms with Crippen LogP contribution in [0, 0.1) is 7.11 Å². The zero-order chi connectivity index (χ0) is 31.4. The molecule has 0 atom stereocenters. The van der Waals surface area contributed by atoms with E-state index in [0.29, 0.717) is 11.3 Å². The number of nitrogens with one attached hydrogen (secondary N) is 1. The van der Waals surface area contributed by atoms with E-state index in [2.05, 4.69) is 21.6 Å². The summed E-state index contributed by atoms with van der Waals surface area (Å²) in [6.07, 6.45) is -0.775. The number of hydrogen-bond donors (Lipinski definition) is 2. The molecule has 0 saturated carbocycles. The smallest absolute Gasteiger partial charge is 0.435 e. The lowest BCUT2D eigenvalue weighted by molar-refractivity contribution is -0.145. The van der Waals surface area contributed by atoms with Crippen molar-refractivity contribution in [1.29, 1.82) is 0 Å². The Morgan fingerprint density at radius 1 is 1.00 bits per heavy atom. The molecule has 0 bridgehead atoms. The minimum absolute atomic E-state index is 0.00111. The molecule has 3 aromatic carbocycles. The molecular formula is C31H36N3O8S. The lowest BCUT2D eigenvalue weighted by Gasteiger charge is -2.16. The minimum atomic E-state index is -4.15. The van der Waals surface area contributed by atoms with Crippen molar-refractivity contribution >= 4 is 27.9 Å². The Labute approximate surface area is 252 Å². The topological polar surface area (TPSA) is 156 Å². The molecule has 0 fully saturated rings. The van der Waals surface area contributed by atoms with Gasteiger partial charge < -0.3 is 24.7 Å². The summed E-state index contributed by atoms with van der Waals surface area (Å²) < 4.78 is 50.6. The van der Waals surface area contributed by atoms with E-state index in [9.17, 15) is 18.0 Å². The number of sulfonamides is 1. The van der Waals surface area contributed by atoms with Crippen molar-refractivity contribution in [2.45, 2.75) is 44.6 Å². The Bertz CT molecular complexity index is 1540. The Balaban J connectivity index is 1.85. The molecule has 229 valence electrons. The number of amides is 1. The summed E-state index contributed by atoms with van der Waals surface area (Å²) in [4.78, 5) is 26.8. The lowest BCUT2D eigenvalue weighted by Crippen LogP contribution is -2.27. The van der Waals surface area contributed by atoms with E-state index >= 15 is 0 Å². The first kappa shape index (κ1) is 33.1. The number of benzene rings is 3. The molecule has 0 aromatic heterocycles. The van der Waals surface area contributed by atoms with Gasteiger partial charge in [-0.3, -0.25) is 0 Å². The molecule has 0 saturated heterocycles. The van der Waals surface area contributed by atoms with Gasteiger partial charge in [0, 0.05) is 12.1 Å². The van der Waals surface area contributed by atoms with Gasteiger partial charge in [0.25, 0.3) is 0 Å². The Kier molecular flexibility index (Phi) is 12.1. The van der Waals surface area contributed by atoms with Crippen LogP contribution in [-0.2, 0) is 37.3 Å². The fraction of sp³-hybridized carbons (Fsp3) is 0.290. The number of hydrogen-bond acceptors (Lipinski definition) is 8. The van der Waals surface area contributed by atoms with Gasteiger partial charge in [-0.05, 0) is 60.2 Å². The largest absolute Gasteiger partial charge is 0.487 e. The highest BCUT2D eigenvalue weighted by molar-refractivity contribution is 7.89. The number of nitrogens with zero attached hydrogens (tertiary/aromatic N) is 1. The van der Waals surface area contributed by atoms with Gasteiger partial charge in [-0.15, -0.1) is 0 Å². The van der Waals surface area contributed by atoms with Gasteiger partial charge in [0.1, 0.15) is 35.9 Å². The molecule has 11 nitrogen and oxygen atoms in total. The van der Waals surface area contributed by atoms with Crippen LogP contribution in [0.15, 0.2) is 76.6 Å². The van der Waals surface area contributed by atoms with Crippen molar-refractivity contribution in [3.05, 3.63) is 96.1 Å². The quantitative estimate of drug-likeness (QED) is 0.153. The Morgan fingerprint density at radius 2 is 1.74 bits per heavy atom. The van der Waals surface area contributed by atoms with Gasteiger partial charge in [0.2, 0.25) is 10.0 Å². The molecule has 0 heterocycles. The fourth-order valence-corrected chi connectivity index (χ4v) is 5.14. The van der Waals surface area contributed by atoms with Crippen LogP contribution >= 0.6 is 0 Å². The molecule has 3 aromatic rings. The molecule has 43 heavy (non-hydrogen) atoms. The monoisotopic (exact) mass is 610 g/mol. The first-order chi connectivity index (χ1) is 20.5. The molecule has 3 N–H and O–H groups in total. The maximum absolute atomic E-state index is 13.6. The predicted octanol–water partition coefficient (Wildman–Crippen LogP) is 4.49. The second kappa shape index (κ2) is 15.7. The van der Waals surface area contributed by atoms with Gasteiger partial charge in [0.15, 0.2) is 6.61 Å². The molecule has 1 radical (unpaired) electrons. The average Bonchev–Trinajstić information content (AvgIpc) is 2.99. The maximum Gasteiger partial charge on any atom is 0.435 e. The van der Waals surface area contributed by atoms with Crippen LogP contribution in [0.25, 0.3) is 0 Å². The lowest BCUT2D eigenvalue weighted by atomic mass is 10.00. The molecule has 0 spiro atoms. The highest BCUT2D eigenvalue weighted by atomic mass is 32.2. The van der Waals surface area contributed by atoms with E-state index in [1.165, 1.54) is 18.2 Å². The summed E-state index contributed by atoms with van der Waals surface area (Å²) >= 11 is 0. The average molecular weight is 611 g/mol. The number of carbonyl (C=O) groups is 2. The SMILES string of the molecule is [CH2]OC(=O)/N=C(/N)c1ccc(OCc2ccccc2)c(S(=O)(=O)NCCc2ccc(C(C)C)cc2OCC(=O)OCC)c1. The number of ether oxygens (including phenoxy) is 4. The Morgan fingerprint density at radius 3 is 2.42 bits per heavy atom. The van der Waals surface area contributed by atoms with E-state index in [4.69, 9.17) is 19.9 Å². The van der Waals surface area contributed by atoms with Gasteiger partial charge in [-0.1, -0.05) is 56.3 Å². The van der Waals surface area contributed by atoms with Gasteiger partial charge in [-0.25, -0.2) is 22.7 Å². The number of rotatable bonds is 14. The summed E-state index contributed by atoms with van der Waals surface area (Å²) in [5.41, 5.74) is 8.62. The standard InChI is InChI=1S/C31H36N3O8S/c1-5-40-29(35)20-42-27-17-24(21(2)3)12-11-23(27)15-16-33-43(37,38)28-18-25(30(32)34-31(36)39-4)13-14-26(28)41-19-22-9-7-6-8-10-22/h6-14,17-18,21,33H,4-5,15-16,19-20H2,1-3H3,(H2,32,34,36). The molecule has 1 amide bonds.